The Kier molecular flexibility index (Phi) is 3.32. The largest absolute Gasteiger partial charge is 0.390 e. The number of rotatable bonds is 2. The summed E-state index contributed by atoms with van der Waals surface area (Å²) < 4.78 is 0. The Morgan fingerprint density at radius 2 is 1.74 bits per heavy atom. The Labute approximate surface area is 112 Å². The van der Waals surface area contributed by atoms with Gasteiger partial charge in [0.2, 0.25) is 11.8 Å². The Balaban J connectivity index is 2.30. The summed E-state index contributed by atoms with van der Waals surface area (Å²) >= 11 is 0. The Morgan fingerprint density at radius 1 is 1.21 bits per heavy atom. The molecule has 0 unspecified atom stereocenters. The van der Waals surface area contributed by atoms with Gasteiger partial charge in [-0.1, -0.05) is 12.1 Å². The average Bonchev–Trinajstić information content (AvgIpc) is 2.66. The van der Waals surface area contributed by atoms with E-state index in [0.29, 0.717) is 5.69 Å². The molecule has 1 aromatic carbocycles. The second-order valence-corrected chi connectivity index (χ2v) is 5.39. The fourth-order valence-corrected chi connectivity index (χ4v) is 2.16. The quantitative estimate of drug-likeness (QED) is 0.878. The molecule has 0 saturated carbocycles. The van der Waals surface area contributed by atoms with Gasteiger partial charge in [0.1, 0.15) is 6.67 Å². The van der Waals surface area contributed by atoms with Gasteiger partial charge in [-0.15, -0.1) is 0 Å². The molecule has 1 aliphatic heterocycles. The minimum atomic E-state index is -1.06. The lowest BCUT2D eigenvalue weighted by Gasteiger charge is -2.22. The van der Waals surface area contributed by atoms with E-state index in [4.69, 9.17) is 0 Å². The number of aliphatic hydroxyl groups is 1. The van der Waals surface area contributed by atoms with Crippen molar-refractivity contribution in [2.75, 3.05) is 16.5 Å². The summed E-state index contributed by atoms with van der Waals surface area (Å²) in [6.45, 7) is 4.87. The van der Waals surface area contributed by atoms with Crippen molar-refractivity contribution in [2.45, 2.75) is 32.8 Å². The highest BCUT2D eigenvalue weighted by Crippen LogP contribution is 2.36. The number of hydrogen-bond donors (Lipinski definition) is 1. The number of amides is 2. The van der Waals surface area contributed by atoms with E-state index in [1.165, 1.54) is 11.8 Å². The highest BCUT2D eigenvalue weighted by molar-refractivity contribution is 6.06. The van der Waals surface area contributed by atoms with E-state index < -0.39 is 5.60 Å². The molecule has 19 heavy (non-hydrogen) atoms. The van der Waals surface area contributed by atoms with Crippen molar-refractivity contribution >= 4 is 23.2 Å². The van der Waals surface area contributed by atoms with Crippen molar-refractivity contribution in [3.8, 4) is 0 Å². The van der Waals surface area contributed by atoms with E-state index in [2.05, 4.69) is 0 Å². The van der Waals surface area contributed by atoms with Crippen LogP contribution in [0, 0.1) is 0 Å². The maximum absolute atomic E-state index is 12.2. The van der Waals surface area contributed by atoms with E-state index in [1.54, 1.807) is 24.8 Å². The second kappa shape index (κ2) is 4.66. The highest BCUT2D eigenvalue weighted by atomic mass is 16.3. The normalized spacial score (nSPS) is 14.5. The van der Waals surface area contributed by atoms with Crippen LogP contribution in [-0.4, -0.2) is 29.2 Å². The van der Waals surface area contributed by atoms with Crippen LogP contribution < -0.4 is 9.80 Å². The van der Waals surface area contributed by atoms with Crippen LogP contribution in [-0.2, 0) is 9.59 Å². The predicted molar refractivity (Wildman–Crippen MR) is 72.9 cm³/mol. The van der Waals surface area contributed by atoms with E-state index in [9.17, 15) is 14.7 Å². The van der Waals surface area contributed by atoms with Gasteiger partial charge in [-0.3, -0.25) is 19.4 Å². The second-order valence-electron chi connectivity index (χ2n) is 5.39. The van der Waals surface area contributed by atoms with Crippen LogP contribution in [0.4, 0.5) is 11.4 Å². The average molecular weight is 262 g/mol. The van der Waals surface area contributed by atoms with Gasteiger partial charge in [0.05, 0.1) is 23.4 Å². The zero-order valence-electron chi connectivity index (χ0n) is 11.4. The molecule has 102 valence electrons. The van der Waals surface area contributed by atoms with Crippen molar-refractivity contribution < 1.29 is 14.7 Å². The first-order valence-corrected chi connectivity index (χ1v) is 6.19. The molecule has 2 amide bonds. The number of hydrogen-bond acceptors (Lipinski definition) is 3. The Hall–Kier alpha value is -1.88. The number of anilines is 2. The molecule has 0 fully saturated rings. The minimum absolute atomic E-state index is 0.0209. The van der Waals surface area contributed by atoms with Gasteiger partial charge in [0.15, 0.2) is 0 Å². The van der Waals surface area contributed by atoms with Crippen LogP contribution in [0.15, 0.2) is 24.3 Å². The molecule has 1 heterocycles. The number of carbonyl (C=O) groups excluding carboxylic acids is 2. The lowest BCUT2D eigenvalue weighted by Crippen LogP contribution is -2.40. The first-order valence-electron chi connectivity index (χ1n) is 6.19. The molecule has 5 nitrogen and oxygen atoms in total. The van der Waals surface area contributed by atoms with Crippen LogP contribution in [0.3, 0.4) is 0 Å². The summed E-state index contributed by atoms with van der Waals surface area (Å²) in [5.41, 5.74) is 0.390. The maximum Gasteiger partial charge on any atom is 0.231 e. The van der Waals surface area contributed by atoms with Crippen LogP contribution in [0.25, 0.3) is 0 Å². The Bertz CT molecular complexity index is 520. The molecule has 2 rings (SSSR count). The third-order valence-corrected chi connectivity index (χ3v) is 3.01. The number of para-hydroxylation sites is 2. The standard InChI is InChI=1S/C14H18N2O3/c1-10(17)15-9-16(13(18)8-14(2,3)19)12-7-5-4-6-11(12)15/h4-7,19H,8-9H2,1-3H3. The van der Waals surface area contributed by atoms with Gasteiger partial charge in [-0.2, -0.15) is 0 Å². The molecule has 1 aromatic rings. The van der Waals surface area contributed by atoms with Crippen molar-refractivity contribution in [1.82, 2.24) is 0 Å². The summed E-state index contributed by atoms with van der Waals surface area (Å²) in [5.74, 6) is -0.297. The lowest BCUT2D eigenvalue weighted by molar-refractivity contribution is -0.122. The van der Waals surface area contributed by atoms with Gasteiger partial charge in [0, 0.05) is 6.92 Å². The molecule has 1 aliphatic rings. The summed E-state index contributed by atoms with van der Waals surface area (Å²) in [6.07, 6.45) is 0.0209. The molecule has 0 radical (unpaired) electrons. The van der Waals surface area contributed by atoms with E-state index >= 15 is 0 Å². The SMILES string of the molecule is CC(=O)N1CN(C(=O)CC(C)(C)O)c2ccccc21. The molecule has 0 atom stereocenters. The number of benzene rings is 1. The summed E-state index contributed by atoms with van der Waals surface area (Å²) in [7, 11) is 0. The molecule has 5 heteroatoms. The molecule has 0 spiro atoms. The number of fused-ring (bicyclic) bond motifs is 1. The third-order valence-electron chi connectivity index (χ3n) is 3.01. The molecule has 0 aromatic heterocycles. The van der Waals surface area contributed by atoms with Gasteiger partial charge in [-0.05, 0) is 26.0 Å². The summed E-state index contributed by atoms with van der Waals surface area (Å²) in [5, 5.41) is 9.74. The monoisotopic (exact) mass is 262 g/mol. The maximum atomic E-state index is 12.2. The molecule has 1 N–H and O–H groups in total. The smallest absolute Gasteiger partial charge is 0.231 e. The van der Waals surface area contributed by atoms with Crippen molar-refractivity contribution in [3.63, 3.8) is 0 Å². The fourth-order valence-electron chi connectivity index (χ4n) is 2.16. The van der Waals surface area contributed by atoms with Crippen LogP contribution in [0.5, 0.6) is 0 Å². The third kappa shape index (κ3) is 2.76. The highest BCUT2D eigenvalue weighted by Gasteiger charge is 2.33. The Morgan fingerprint density at radius 3 is 2.21 bits per heavy atom. The van der Waals surface area contributed by atoms with Crippen molar-refractivity contribution in [3.05, 3.63) is 24.3 Å². The number of nitrogens with zero attached hydrogens (tertiary/aromatic N) is 2. The van der Waals surface area contributed by atoms with Crippen molar-refractivity contribution in [2.24, 2.45) is 0 Å². The topological polar surface area (TPSA) is 60.9 Å². The van der Waals surface area contributed by atoms with Crippen LogP contribution in [0.2, 0.25) is 0 Å². The van der Waals surface area contributed by atoms with Crippen LogP contribution >= 0.6 is 0 Å². The summed E-state index contributed by atoms with van der Waals surface area (Å²) in [4.78, 5) is 26.9. The first kappa shape index (κ1) is 13.5. The van der Waals surface area contributed by atoms with Gasteiger partial charge in [-0.25, -0.2) is 0 Å². The van der Waals surface area contributed by atoms with E-state index in [-0.39, 0.29) is 24.9 Å². The zero-order chi connectivity index (χ0) is 14.2. The molecule has 0 bridgehead atoms. The van der Waals surface area contributed by atoms with Gasteiger partial charge < -0.3 is 5.11 Å². The molecule has 0 saturated heterocycles. The molecule has 0 aliphatic carbocycles. The first-order chi connectivity index (χ1) is 8.79. The minimum Gasteiger partial charge on any atom is -0.390 e. The molecular weight excluding hydrogens is 244 g/mol. The lowest BCUT2D eigenvalue weighted by atomic mass is 10.0. The van der Waals surface area contributed by atoms with Gasteiger partial charge in [0.25, 0.3) is 0 Å². The van der Waals surface area contributed by atoms with Crippen LogP contribution in [0.1, 0.15) is 27.2 Å². The van der Waals surface area contributed by atoms with Gasteiger partial charge >= 0.3 is 0 Å². The van der Waals surface area contributed by atoms with E-state index in [1.807, 2.05) is 18.2 Å². The molecular formula is C14H18N2O3. The van der Waals surface area contributed by atoms with Crippen molar-refractivity contribution in [1.29, 1.82) is 0 Å². The predicted octanol–water partition coefficient (Wildman–Crippen LogP) is 1.50. The van der Waals surface area contributed by atoms with E-state index in [0.717, 1.165) is 5.69 Å². The number of carbonyl (C=O) groups is 2. The zero-order valence-corrected chi connectivity index (χ0v) is 11.4. The summed E-state index contributed by atoms with van der Waals surface area (Å²) in [6, 6.07) is 7.28. The fraction of sp³-hybridized carbons (Fsp3) is 0.429.